The minimum Gasteiger partial charge on any atom is -0.312 e. The molecular weight excluding hydrogens is 274 g/mol. The van der Waals surface area contributed by atoms with Gasteiger partial charge in [-0.05, 0) is 43.5 Å². The van der Waals surface area contributed by atoms with Crippen LogP contribution < -0.4 is 0 Å². The highest BCUT2D eigenvalue weighted by molar-refractivity contribution is 6.31. The molecule has 0 saturated carbocycles. The Morgan fingerprint density at radius 1 is 1.00 bits per heavy atom. The first kappa shape index (κ1) is 14.3. The minimum absolute atomic E-state index is 0.404. The Morgan fingerprint density at radius 3 is 2.27 bits per heavy atom. The van der Waals surface area contributed by atoms with Crippen LogP contribution in [0, 0.1) is 20.8 Å². The summed E-state index contributed by atoms with van der Waals surface area (Å²) in [6.45, 7) is 6.16. The van der Waals surface area contributed by atoms with E-state index in [2.05, 4.69) is 24.2 Å². The van der Waals surface area contributed by atoms with Gasteiger partial charge in [-0.3, -0.25) is 0 Å². The van der Waals surface area contributed by atoms with Crippen molar-refractivity contribution in [2.24, 2.45) is 5.16 Å². The molecule has 0 saturated heterocycles. The van der Waals surface area contributed by atoms with Crippen LogP contribution in [0.4, 0.5) is 0 Å². The van der Waals surface area contributed by atoms with Crippen molar-refractivity contribution in [1.82, 2.24) is 0 Å². The van der Waals surface area contributed by atoms with Gasteiger partial charge in [-0.1, -0.05) is 53.2 Å². The molecule has 1 aliphatic heterocycles. The standard InChI is InChI=1S/C19H17NO2/c1-12-9-13(2)16(14(3)10-12)11-17-18(20-22-19(17)21)15-7-5-4-6-8-15/h4-11H,1-3H3. The van der Waals surface area contributed by atoms with E-state index in [9.17, 15) is 4.79 Å². The van der Waals surface area contributed by atoms with Gasteiger partial charge in [-0.25, -0.2) is 4.79 Å². The molecule has 110 valence electrons. The topological polar surface area (TPSA) is 38.7 Å². The number of benzene rings is 2. The Hall–Kier alpha value is -2.68. The first-order valence-corrected chi connectivity index (χ1v) is 7.21. The maximum absolute atomic E-state index is 12.0. The quantitative estimate of drug-likeness (QED) is 0.620. The van der Waals surface area contributed by atoms with Crippen molar-refractivity contribution >= 4 is 17.8 Å². The van der Waals surface area contributed by atoms with Crippen LogP contribution in [0.25, 0.3) is 6.08 Å². The lowest BCUT2D eigenvalue weighted by atomic mass is 9.95. The molecule has 2 aromatic rings. The number of carbonyl (C=O) groups excluding carboxylic acids is 1. The zero-order valence-corrected chi connectivity index (χ0v) is 12.9. The third-order valence-electron chi connectivity index (χ3n) is 3.77. The smallest absolute Gasteiger partial charge is 0.312 e. The molecule has 0 fully saturated rings. The number of hydrogen-bond donors (Lipinski definition) is 0. The Bertz CT molecular complexity index is 778. The number of carbonyl (C=O) groups is 1. The monoisotopic (exact) mass is 291 g/mol. The average Bonchev–Trinajstić information content (AvgIpc) is 2.85. The van der Waals surface area contributed by atoms with E-state index in [4.69, 9.17) is 4.84 Å². The molecule has 0 spiro atoms. The number of aryl methyl sites for hydroxylation is 3. The van der Waals surface area contributed by atoms with Crippen LogP contribution in [-0.4, -0.2) is 11.7 Å². The van der Waals surface area contributed by atoms with Gasteiger partial charge in [-0.15, -0.1) is 0 Å². The number of oxime groups is 1. The van der Waals surface area contributed by atoms with Gasteiger partial charge in [0.2, 0.25) is 0 Å². The average molecular weight is 291 g/mol. The van der Waals surface area contributed by atoms with Gasteiger partial charge >= 0.3 is 5.97 Å². The lowest BCUT2D eigenvalue weighted by molar-refractivity contribution is -0.136. The van der Waals surface area contributed by atoms with Crippen molar-refractivity contribution in [1.29, 1.82) is 0 Å². The second-order valence-electron chi connectivity index (χ2n) is 5.56. The van der Waals surface area contributed by atoms with E-state index in [1.165, 1.54) is 5.56 Å². The van der Waals surface area contributed by atoms with E-state index in [1.807, 2.05) is 50.3 Å². The van der Waals surface area contributed by atoms with Crippen LogP contribution in [0.15, 0.2) is 53.2 Å². The summed E-state index contributed by atoms with van der Waals surface area (Å²) in [5, 5.41) is 3.94. The third-order valence-corrected chi connectivity index (χ3v) is 3.77. The van der Waals surface area contributed by atoms with Gasteiger partial charge in [0.15, 0.2) is 0 Å². The van der Waals surface area contributed by atoms with Crippen molar-refractivity contribution in [2.75, 3.05) is 0 Å². The Kier molecular flexibility index (Phi) is 3.63. The molecule has 0 amide bonds. The fourth-order valence-electron chi connectivity index (χ4n) is 2.78. The maximum atomic E-state index is 12.0. The number of hydrogen-bond acceptors (Lipinski definition) is 3. The van der Waals surface area contributed by atoms with Crippen LogP contribution in [0.3, 0.4) is 0 Å². The molecule has 3 heteroatoms. The van der Waals surface area contributed by atoms with E-state index in [-0.39, 0.29) is 0 Å². The summed E-state index contributed by atoms with van der Waals surface area (Å²) in [6, 6.07) is 13.8. The van der Waals surface area contributed by atoms with Crippen molar-refractivity contribution in [3.05, 3.63) is 75.9 Å². The van der Waals surface area contributed by atoms with E-state index >= 15 is 0 Å². The molecule has 0 aliphatic carbocycles. The van der Waals surface area contributed by atoms with Gasteiger partial charge in [0.25, 0.3) is 0 Å². The molecular formula is C19H17NO2. The fraction of sp³-hybridized carbons (Fsp3) is 0.158. The molecule has 0 bridgehead atoms. The van der Waals surface area contributed by atoms with E-state index in [0.717, 1.165) is 22.3 Å². The number of rotatable bonds is 2. The van der Waals surface area contributed by atoms with Crippen molar-refractivity contribution in [3.8, 4) is 0 Å². The first-order chi connectivity index (χ1) is 10.6. The second kappa shape index (κ2) is 5.60. The molecule has 0 N–H and O–H groups in total. The molecule has 2 aromatic carbocycles. The largest absolute Gasteiger partial charge is 0.368 e. The second-order valence-corrected chi connectivity index (χ2v) is 5.56. The zero-order chi connectivity index (χ0) is 15.7. The molecule has 0 radical (unpaired) electrons. The van der Waals surface area contributed by atoms with Gasteiger partial charge < -0.3 is 4.84 Å². The Labute approximate surface area is 129 Å². The summed E-state index contributed by atoms with van der Waals surface area (Å²) >= 11 is 0. The molecule has 0 atom stereocenters. The van der Waals surface area contributed by atoms with Crippen molar-refractivity contribution in [2.45, 2.75) is 20.8 Å². The maximum Gasteiger partial charge on any atom is 0.368 e. The minimum atomic E-state index is -0.404. The van der Waals surface area contributed by atoms with Crippen LogP contribution in [-0.2, 0) is 9.63 Å². The molecule has 3 nitrogen and oxygen atoms in total. The molecule has 22 heavy (non-hydrogen) atoms. The highest BCUT2D eigenvalue weighted by atomic mass is 16.7. The number of nitrogens with zero attached hydrogens (tertiary/aromatic N) is 1. The molecule has 0 aromatic heterocycles. The van der Waals surface area contributed by atoms with E-state index in [1.54, 1.807) is 0 Å². The molecule has 3 rings (SSSR count). The third kappa shape index (κ3) is 2.58. The van der Waals surface area contributed by atoms with E-state index in [0.29, 0.717) is 11.3 Å². The van der Waals surface area contributed by atoms with E-state index < -0.39 is 5.97 Å². The van der Waals surface area contributed by atoms with Gasteiger partial charge in [0, 0.05) is 5.56 Å². The highest BCUT2D eigenvalue weighted by Crippen LogP contribution is 2.24. The first-order valence-electron chi connectivity index (χ1n) is 7.21. The Balaban J connectivity index is 2.10. The summed E-state index contributed by atoms with van der Waals surface area (Å²) in [4.78, 5) is 16.9. The lowest BCUT2D eigenvalue weighted by Crippen LogP contribution is -2.07. The van der Waals surface area contributed by atoms with Crippen LogP contribution >= 0.6 is 0 Å². The summed E-state index contributed by atoms with van der Waals surface area (Å²) in [7, 11) is 0. The normalized spacial score (nSPS) is 15.9. The van der Waals surface area contributed by atoms with Gasteiger partial charge in [0.05, 0.1) is 5.57 Å². The van der Waals surface area contributed by atoms with Crippen LogP contribution in [0.2, 0.25) is 0 Å². The van der Waals surface area contributed by atoms with Gasteiger partial charge in [-0.2, -0.15) is 0 Å². The SMILES string of the molecule is Cc1cc(C)c(C=C2C(=O)ON=C2c2ccccc2)c(C)c1. The van der Waals surface area contributed by atoms with Crippen molar-refractivity contribution < 1.29 is 9.63 Å². The fourth-order valence-corrected chi connectivity index (χ4v) is 2.78. The van der Waals surface area contributed by atoms with Crippen molar-refractivity contribution in [3.63, 3.8) is 0 Å². The predicted molar refractivity (Wildman–Crippen MR) is 87.7 cm³/mol. The molecule has 0 unspecified atom stereocenters. The summed E-state index contributed by atoms with van der Waals surface area (Å²) in [5.74, 6) is -0.404. The van der Waals surface area contributed by atoms with Crippen LogP contribution in [0.5, 0.6) is 0 Å². The van der Waals surface area contributed by atoms with Gasteiger partial charge in [0.1, 0.15) is 5.71 Å². The molecule has 1 heterocycles. The summed E-state index contributed by atoms with van der Waals surface area (Å²) in [6.07, 6.45) is 1.88. The Morgan fingerprint density at radius 2 is 1.64 bits per heavy atom. The zero-order valence-electron chi connectivity index (χ0n) is 12.9. The summed E-state index contributed by atoms with van der Waals surface area (Å²) < 4.78 is 0. The highest BCUT2D eigenvalue weighted by Gasteiger charge is 2.27. The summed E-state index contributed by atoms with van der Waals surface area (Å²) in [5.41, 5.74) is 6.49. The predicted octanol–water partition coefficient (Wildman–Crippen LogP) is 3.96. The molecule has 1 aliphatic rings. The lowest BCUT2D eigenvalue weighted by Gasteiger charge is -2.08. The van der Waals surface area contributed by atoms with Crippen LogP contribution in [0.1, 0.15) is 27.8 Å².